The van der Waals surface area contributed by atoms with Crippen LogP contribution in [0.25, 0.3) is 23.1 Å². The molecule has 3 heterocycles. The van der Waals surface area contributed by atoms with E-state index in [4.69, 9.17) is 20.8 Å². The number of hydrogen-bond acceptors (Lipinski definition) is 5. The Labute approximate surface area is 131 Å². The predicted octanol–water partition coefficient (Wildman–Crippen LogP) is 3.72. The zero-order valence-electron chi connectivity index (χ0n) is 11.4. The number of ether oxygens (including phenoxy) is 1. The first-order chi connectivity index (χ1) is 10.8. The van der Waals surface area contributed by atoms with Crippen molar-refractivity contribution in [1.29, 1.82) is 0 Å². The summed E-state index contributed by atoms with van der Waals surface area (Å²) in [5, 5.41) is 8.82. The maximum Gasteiger partial charge on any atom is 0.248 e. The van der Waals surface area contributed by atoms with E-state index in [2.05, 4.69) is 15.2 Å². The van der Waals surface area contributed by atoms with Gasteiger partial charge in [-0.25, -0.2) is 0 Å². The van der Waals surface area contributed by atoms with Crippen molar-refractivity contribution < 1.29 is 9.15 Å². The first kappa shape index (κ1) is 13.0. The van der Waals surface area contributed by atoms with Crippen molar-refractivity contribution in [1.82, 2.24) is 15.2 Å². The molecule has 0 bridgehead atoms. The highest BCUT2D eigenvalue weighted by Crippen LogP contribution is 2.32. The number of halogens is 1. The molecule has 0 unspecified atom stereocenters. The average molecular weight is 312 g/mol. The summed E-state index contributed by atoms with van der Waals surface area (Å²) in [6.07, 6.45) is 5.31. The summed E-state index contributed by atoms with van der Waals surface area (Å²) in [5.41, 5.74) is 2.55. The highest BCUT2D eigenvalue weighted by Gasteiger charge is 2.18. The Morgan fingerprint density at radius 3 is 2.68 bits per heavy atom. The van der Waals surface area contributed by atoms with Gasteiger partial charge in [-0.1, -0.05) is 11.6 Å². The van der Waals surface area contributed by atoms with Crippen LogP contribution in [0.3, 0.4) is 0 Å². The van der Waals surface area contributed by atoms with Crippen LogP contribution in [0, 0.1) is 0 Å². The van der Waals surface area contributed by atoms with Crippen LogP contribution in [0.4, 0.5) is 0 Å². The summed E-state index contributed by atoms with van der Waals surface area (Å²) < 4.78 is 11.4. The second-order valence-electron chi connectivity index (χ2n) is 4.79. The molecule has 1 aliphatic rings. The van der Waals surface area contributed by atoms with Crippen molar-refractivity contribution in [2.24, 2.45) is 0 Å². The SMILES string of the molecule is Clc1ccc2c(c1)C=C(c1nnc(-c3ccncc3)o1)CO2. The fourth-order valence-corrected chi connectivity index (χ4v) is 2.42. The Kier molecular flexibility index (Phi) is 3.12. The molecule has 1 aliphatic heterocycles. The van der Waals surface area contributed by atoms with Crippen molar-refractivity contribution in [3.8, 4) is 17.2 Å². The van der Waals surface area contributed by atoms with Gasteiger partial charge in [0.2, 0.25) is 11.8 Å². The lowest BCUT2D eigenvalue weighted by atomic mass is 10.1. The van der Waals surface area contributed by atoms with Gasteiger partial charge in [-0.15, -0.1) is 10.2 Å². The third-order valence-electron chi connectivity index (χ3n) is 3.31. The van der Waals surface area contributed by atoms with Gasteiger partial charge in [0.05, 0.1) is 5.57 Å². The molecule has 3 aromatic rings. The van der Waals surface area contributed by atoms with Crippen LogP contribution >= 0.6 is 11.6 Å². The van der Waals surface area contributed by atoms with Gasteiger partial charge in [0.1, 0.15) is 12.4 Å². The molecule has 5 nitrogen and oxygen atoms in total. The van der Waals surface area contributed by atoms with E-state index in [1.54, 1.807) is 18.5 Å². The van der Waals surface area contributed by atoms with Gasteiger partial charge in [-0.2, -0.15) is 0 Å². The second-order valence-corrected chi connectivity index (χ2v) is 5.23. The van der Waals surface area contributed by atoms with Crippen molar-refractivity contribution in [3.05, 3.63) is 59.2 Å². The van der Waals surface area contributed by atoms with E-state index in [1.807, 2.05) is 30.3 Å². The molecule has 0 N–H and O–H groups in total. The summed E-state index contributed by atoms with van der Waals surface area (Å²) in [6.45, 7) is 0.382. The highest BCUT2D eigenvalue weighted by atomic mass is 35.5. The van der Waals surface area contributed by atoms with E-state index in [0.717, 1.165) is 22.4 Å². The fourth-order valence-electron chi connectivity index (χ4n) is 2.24. The molecule has 0 radical (unpaired) electrons. The first-order valence-electron chi connectivity index (χ1n) is 6.67. The molecule has 2 aromatic heterocycles. The molecule has 4 rings (SSSR count). The molecule has 0 saturated heterocycles. The topological polar surface area (TPSA) is 61.0 Å². The molecule has 6 heteroatoms. The lowest BCUT2D eigenvalue weighted by molar-refractivity contribution is 0.361. The maximum absolute atomic E-state index is 6.01. The number of rotatable bonds is 2. The van der Waals surface area contributed by atoms with Gasteiger partial charge < -0.3 is 9.15 Å². The average Bonchev–Trinajstić information content (AvgIpc) is 3.05. The van der Waals surface area contributed by atoms with Crippen LogP contribution in [0.5, 0.6) is 5.75 Å². The minimum atomic E-state index is 0.382. The Morgan fingerprint density at radius 1 is 1.00 bits per heavy atom. The number of benzene rings is 1. The van der Waals surface area contributed by atoms with Crippen LogP contribution in [-0.4, -0.2) is 21.8 Å². The standard InChI is InChI=1S/C16H10ClN3O2/c17-13-1-2-14-11(8-13)7-12(9-21-14)16-20-19-15(22-16)10-3-5-18-6-4-10/h1-8H,9H2. The Bertz CT molecular complexity index is 859. The molecular weight excluding hydrogens is 302 g/mol. The number of fused-ring (bicyclic) bond motifs is 1. The minimum Gasteiger partial charge on any atom is -0.488 e. The zero-order valence-corrected chi connectivity index (χ0v) is 12.1. The molecule has 0 amide bonds. The molecule has 0 aliphatic carbocycles. The van der Waals surface area contributed by atoms with Crippen LogP contribution in [0.2, 0.25) is 5.02 Å². The lowest BCUT2D eigenvalue weighted by Crippen LogP contribution is -2.06. The Balaban J connectivity index is 1.70. The summed E-state index contributed by atoms with van der Waals surface area (Å²) in [4.78, 5) is 3.97. The third kappa shape index (κ3) is 2.35. The Morgan fingerprint density at radius 2 is 1.82 bits per heavy atom. The molecule has 1 aromatic carbocycles. The third-order valence-corrected chi connectivity index (χ3v) is 3.55. The zero-order chi connectivity index (χ0) is 14.9. The van der Waals surface area contributed by atoms with Crippen molar-refractivity contribution in [2.45, 2.75) is 0 Å². The predicted molar refractivity (Wildman–Crippen MR) is 82.3 cm³/mol. The number of aromatic nitrogens is 3. The minimum absolute atomic E-state index is 0.382. The van der Waals surface area contributed by atoms with E-state index in [-0.39, 0.29) is 0 Å². The largest absolute Gasteiger partial charge is 0.488 e. The molecule has 0 fully saturated rings. The maximum atomic E-state index is 6.01. The molecule has 0 spiro atoms. The molecule has 108 valence electrons. The summed E-state index contributed by atoms with van der Waals surface area (Å²) in [6, 6.07) is 9.13. The van der Waals surface area contributed by atoms with E-state index < -0.39 is 0 Å². The monoisotopic (exact) mass is 311 g/mol. The molecule has 22 heavy (non-hydrogen) atoms. The van der Waals surface area contributed by atoms with Crippen LogP contribution in [0.15, 0.2) is 47.1 Å². The van der Waals surface area contributed by atoms with Gasteiger partial charge in [-0.05, 0) is 36.4 Å². The lowest BCUT2D eigenvalue weighted by Gasteiger charge is -2.15. The fraction of sp³-hybridized carbons (Fsp3) is 0.0625. The summed E-state index contributed by atoms with van der Waals surface area (Å²) in [5.74, 6) is 1.69. The number of pyridine rings is 1. The van der Waals surface area contributed by atoms with E-state index in [0.29, 0.717) is 23.4 Å². The van der Waals surface area contributed by atoms with Crippen molar-refractivity contribution in [2.75, 3.05) is 6.61 Å². The highest BCUT2D eigenvalue weighted by molar-refractivity contribution is 6.30. The normalized spacial score (nSPS) is 13.2. The smallest absolute Gasteiger partial charge is 0.248 e. The Hall–Kier alpha value is -2.66. The van der Waals surface area contributed by atoms with Gasteiger partial charge >= 0.3 is 0 Å². The van der Waals surface area contributed by atoms with Gasteiger partial charge in [0.25, 0.3) is 0 Å². The van der Waals surface area contributed by atoms with Crippen LogP contribution in [-0.2, 0) is 0 Å². The van der Waals surface area contributed by atoms with Crippen molar-refractivity contribution in [3.63, 3.8) is 0 Å². The molecule has 0 saturated carbocycles. The van der Waals surface area contributed by atoms with Gasteiger partial charge in [-0.3, -0.25) is 4.98 Å². The second kappa shape index (κ2) is 5.27. The van der Waals surface area contributed by atoms with E-state index in [1.165, 1.54) is 0 Å². The van der Waals surface area contributed by atoms with Gasteiger partial charge in [0.15, 0.2) is 0 Å². The summed E-state index contributed by atoms with van der Waals surface area (Å²) >= 11 is 6.01. The van der Waals surface area contributed by atoms with Crippen LogP contribution < -0.4 is 4.74 Å². The van der Waals surface area contributed by atoms with Crippen LogP contribution in [0.1, 0.15) is 11.5 Å². The quantitative estimate of drug-likeness (QED) is 0.722. The molecular formula is C16H10ClN3O2. The van der Waals surface area contributed by atoms with Crippen molar-refractivity contribution >= 4 is 23.3 Å². The van der Waals surface area contributed by atoms with E-state index in [9.17, 15) is 0 Å². The number of hydrogen-bond donors (Lipinski definition) is 0. The summed E-state index contributed by atoms with van der Waals surface area (Å²) in [7, 11) is 0. The van der Waals surface area contributed by atoms with E-state index >= 15 is 0 Å². The van der Waals surface area contributed by atoms with Gasteiger partial charge in [0, 0.05) is 28.5 Å². The molecule has 0 atom stereocenters. The number of nitrogens with zero attached hydrogens (tertiary/aromatic N) is 3. The first-order valence-corrected chi connectivity index (χ1v) is 7.04.